The molecule has 1 N–H and O–H groups in total. The van der Waals surface area contributed by atoms with Crippen LogP contribution in [-0.2, 0) is 29.0 Å². The summed E-state index contributed by atoms with van der Waals surface area (Å²) in [5, 5.41) is 11.6. The summed E-state index contributed by atoms with van der Waals surface area (Å²) in [6.45, 7) is 2.63. The number of amides is 1. The molecule has 0 aromatic heterocycles. The molecule has 0 bridgehead atoms. The zero-order valence-electron chi connectivity index (χ0n) is 24.2. The number of carbonyl (C=O) groups excluding carboxylic acids is 2. The van der Waals surface area contributed by atoms with E-state index in [9.17, 15) is 14.7 Å². The summed E-state index contributed by atoms with van der Waals surface area (Å²) >= 11 is 0. The molecule has 1 amide bonds. The Balaban J connectivity index is 1.39. The van der Waals surface area contributed by atoms with Crippen LogP contribution >= 0.6 is 0 Å². The third-order valence-electron chi connectivity index (χ3n) is 7.93. The van der Waals surface area contributed by atoms with Gasteiger partial charge in [0.05, 0.1) is 18.7 Å². The number of nitrogens with zero attached hydrogens (tertiary/aromatic N) is 1. The maximum absolute atomic E-state index is 13.6. The molecule has 1 saturated heterocycles. The summed E-state index contributed by atoms with van der Waals surface area (Å²) in [4.78, 5) is 28.7. The van der Waals surface area contributed by atoms with Crippen LogP contribution in [0.25, 0.3) is 5.76 Å². The quantitative estimate of drug-likeness (QED) is 0.144. The van der Waals surface area contributed by atoms with Crippen LogP contribution < -0.4 is 14.2 Å². The van der Waals surface area contributed by atoms with Gasteiger partial charge in [0.1, 0.15) is 24.2 Å². The molecule has 7 nitrogen and oxygen atoms in total. The zero-order chi connectivity index (χ0) is 29.9. The predicted molar refractivity (Wildman–Crippen MR) is 163 cm³/mol. The summed E-state index contributed by atoms with van der Waals surface area (Å²) in [5.74, 6) is 0.180. The van der Waals surface area contributed by atoms with Crippen molar-refractivity contribution in [1.29, 1.82) is 0 Å². The van der Waals surface area contributed by atoms with Gasteiger partial charge >= 0.3 is 0 Å². The molecule has 0 saturated carbocycles. The minimum atomic E-state index is -0.816. The number of Topliss-reactive ketones (excluding diaryl/α,β-unsaturated/α-hetero) is 1. The number of rotatable bonds is 9. The van der Waals surface area contributed by atoms with Crippen molar-refractivity contribution in [3.8, 4) is 17.2 Å². The molecule has 218 valence electrons. The molecule has 4 aromatic carbocycles. The van der Waals surface area contributed by atoms with E-state index < -0.39 is 17.7 Å². The van der Waals surface area contributed by atoms with Crippen molar-refractivity contribution < 1.29 is 28.9 Å². The Morgan fingerprint density at radius 2 is 1.63 bits per heavy atom. The lowest BCUT2D eigenvalue weighted by Crippen LogP contribution is -2.31. The predicted octanol–water partition coefficient (Wildman–Crippen LogP) is 6.26. The SMILES string of the molecule is COc1cc([C@H]2C(=C(O)c3ccc4c(c3)C[C@H](C)O4)C(=O)C(=O)N2CCc2ccccc2)ccc1OCc1ccccc1. The fourth-order valence-corrected chi connectivity index (χ4v) is 5.79. The third-order valence-corrected chi connectivity index (χ3v) is 7.93. The molecule has 43 heavy (non-hydrogen) atoms. The summed E-state index contributed by atoms with van der Waals surface area (Å²) in [6, 6.07) is 29.5. The molecule has 4 aromatic rings. The van der Waals surface area contributed by atoms with E-state index in [4.69, 9.17) is 14.2 Å². The Bertz CT molecular complexity index is 1680. The van der Waals surface area contributed by atoms with Gasteiger partial charge in [-0.15, -0.1) is 0 Å². The van der Waals surface area contributed by atoms with Crippen LogP contribution in [0.2, 0.25) is 0 Å². The third kappa shape index (κ3) is 5.71. The number of benzene rings is 4. The summed E-state index contributed by atoms with van der Waals surface area (Å²) in [6.07, 6.45) is 1.28. The number of hydrogen-bond donors (Lipinski definition) is 1. The lowest BCUT2D eigenvalue weighted by molar-refractivity contribution is -0.139. The van der Waals surface area contributed by atoms with Crippen LogP contribution in [0.15, 0.2) is 103 Å². The molecule has 2 heterocycles. The highest BCUT2D eigenvalue weighted by Gasteiger charge is 2.46. The second kappa shape index (κ2) is 12.1. The first-order chi connectivity index (χ1) is 20.9. The van der Waals surface area contributed by atoms with Gasteiger partial charge in [-0.05, 0) is 65.9 Å². The van der Waals surface area contributed by atoms with E-state index >= 15 is 0 Å². The van der Waals surface area contributed by atoms with E-state index in [1.807, 2.05) is 79.7 Å². The van der Waals surface area contributed by atoms with Gasteiger partial charge in [0.15, 0.2) is 11.5 Å². The molecular formula is C36H33NO6. The van der Waals surface area contributed by atoms with Crippen molar-refractivity contribution in [3.63, 3.8) is 0 Å². The average molecular weight is 576 g/mol. The second-order valence-electron chi connectivity index (χ2n) is 10.9. The van der Waals surface area contributed by atoms with Gasteiger partial charge in [-0.3, -0.25) is 9.59 Å². The summed E-state index contributed by atoms with van der Waals surface area (Å²) in [5.41, 5.74) is 4.15. The van der Waals surface area contributed by atoms with Crippen LogP contribution in [0.1, 0.15) is 40.8 Å². The molecule has 2 aliphatic rings. The smallest absolute Gasteiger partial charge is 0.295 e. The van der Waals surface area contributed by atoms with Gasteiger partial charge < -0.3 is 24.2 Å². The van der Waals surface area contributed by atoms with Crippen molar-refractivity contribution in [1.82, 2.24) is 4.90 Å². The summed E-state index contributed by atoms with van der Waals surface area (Å²) < 4.78 is 17.6. The molecule has 0 unspecified atom stereocenters. The van der Waals surface area contributed by atoms with Gasteiger partial charge in [-0.1, -0.05) is 66.7 Å². The van der Waals surface area contributed by atoms with Gasteiger partial charge in [-0.2, -0.15) is 0 Å². The number of aliphatic hydroxyl groups excluding tert-OH is 1. The van der Waals surface area contributed by atoms with E-state index in [1.165, 1.54) is 0 Å². The highest BCUT2D eigenvalue weighted by atomic mass is 16.5. The lowest BCUT2D eigenvalue weighted by Gasteiger charge is -2.26. The molecule has 0 spiro atoms. The van der Waals surface area contributed by atoms with Crippen LogP contribution in [0.4, 0.5) is 0 Å². The van der Waals surface area contributed by atoms with Gasteiger partial charge in [0.25, 0.3) is 11.7 Å². The van der Waals surface area contributed by atoms with E-state index in [0.29, 0.717) is 48.6 Å². The molecule has 2 aliphatic heterocycles. The van der Waals surface area contributed by atoms with Crippen molar-refractivity contribution in [2.75, 3.05) is 13.7 Å². The molecular weight excluding hydrogens is 542 g/mol. The van der Waals surface area contributed by atoms with Crippen LogP contribution in [0.3, 0.4) is 0 Å². The molecule has 0 radical (unpaired) electrons. The van der Waals surface area contributed by atoms with Gasteiger partial charge in [0, 0.05) is 18.5 Å². The van der Waals surface area contributed by atoms with Gasteiger partial charge in [0.2, 0.25) is 0 Å². The number of hydrogen-bond acceptors (Lipinski definition) is 6. The van der Waals surface area contributed by atoms with Crippen molar-refractivity contribution in [2.45, 2.75) is 38.5 Å². The maximum atomic E-state index is 13.6. The first kappa shape index (κ1) is 28.1. The highest BCUT2D eigenvalue weighted by molar-refractivity contribution is 6.46. The Hall–Kier alpha value is -5.04. The van der Waals surface area contributed by atoms with E-state index in [2.05, 4.69) is 0 Å². The lowest BCUT2D eigenvalue weighted by atomic mass is 9.94. The summed E-state index contributed by atoms with van der Waals surface area (Å²) in [7, 11) is 1.55. The molecule has 1 fully saturated rings. The molecule has 7 heteroatoms. The topological polar surface area (TPSA) is 85.3 Å². The number of ether oxygens (including phenoxy) is 3. The number of carbonyl (C=O) groups is 2. The maximum Gasteiger partial charge on any atom is 0.295 e. The van der Waals surface area contributed by atoms with Crippen LogP contribution in [0.5, 0.6) is 17.2 Å². The minimum Gasteiger partial charge on any atom is -0.507 e. The zero-order valence-corrected chi connectivity index (χ0v) is 24.2. The number of fused-ring (bicyclic) bond motifs is 1. The number of ketones is 1. The molecule has 0 aliphatic carbocycles. The Labute approximate surface area is 250 Å². The van der Waals surface area contributed by atoms with Crippen LogP contribution in [-0.4, -0.2) is 41.5 Å². The second-order valence-corrected chi connectivity index (χ2v) is 10.9. The fraction of sp³-hybridized carbons (Fsp3) is 0.222. The largest absolute Gasteiger partial charge is 0.507 e. The van der Waals surface area contributed by atoms with Crippen molar-refractivity contribution in [2.24, 2.45) is 0 Å². The van der Waals surface area contributed by atoms with E-state index in [1.54, 1.807) is 36.3 Å². The van der Waals surface area contributed by atoms with E-state index in [-0.39, 0.29) is 17.4 Å². The number of likely N-dealkylation sites (tertiary alicyclic amines) is 1. The van der Waals surface area contributed by atoms with Crippen LogP contribution in [0, 0.1) is 0 Å². The van der Waals surface area contributed by atoms with Crippen molar-refractivity contribution in [3.05, 3.63) is 130 Å². The van der Waals surface area contributed by atoms with Gasteiger partial charge in [-0.25, -0.2) is 0 Å². The first-order valence-corrected chi connectivity index (χ1v) is 14.4. The molecule has 2 atom stereocenters. The fourth-order valence-electron chi connectivity index (χ4n) is 5.79. The number of aliphatic hydroxyl groups is 1. The van der Waals surface area contributed by atoms with E-state index in [0.717, 1.165) is 22.4 Å². The Morgan fingerprint density at radius 1 is 0.907 bits per heavy atom. The monoisotopic (exact) mass is 575 g/mol. The molecule has 6 rings (SSSR count). The normalized spacial score (nSPS) is 18.8. The van der Waals surface area contributed by atoms with Crippen molar-refractivity contribution >= 4 is 17.4 Å². The Morgan fingerprint density at radius 3 is 2.35 bits per heavy atom. The Kier molecular flexibility index (Phi) is 7.88. The average Bonchev–Trinajstić information content (AvgIpc) is 3.54. The minimum absolute atomic E-state index is 0.0334. The standard InChI is InChI=1S/C36H33NO6/c1-23-19-28-20-27(14-15-29(28)43-23)34(38)32-33(37(36(40)35(32)39)18-17-24-9-5-3-6-10-24)26-13-16-30(31(21-26)41-2)42-22-25-11-7-4-8-12-25/h3-16,20-21,23,33,38H,17-19,22H2,1-2H3/t23-,33-/m0/s1. The number of methoxy groups -OCH3 is 1. The first-order valence-electron chi connectivity index (χ1n) is 14.4. The highest BCUT2D eigenvalue weighted by Crippen LogP contribution is 2.43.